The fourth-order valence-electron chi connectivity index (χ4n) is 4.09. The molecule has 0 saturated heterocycles. The van der Waals surface area contributed by atoms with Crippen LogP contribution in [0, 0.1) is 6.92 Å². The van der Waals surface area contributed by atoms with Crippen LogP contribution >= 0.6 is 0 Å². The third-order valence-corrected chi connectivity index (χ3v) is 8.35. The Morgan fingerprint density at radius 2 is 1.73 bits per heavy atom. The molecule has 10 heteroatoms. The van der Waals surface area contributed by atoms with E-state index in [2.05, 4.69) is 5.32 Å². The summed E-state index contributed by atoms with van der Waals surface area (Å²) in [6.45, 7) is 8.98. The van der Waals surface area contributed by atoms with Gasteiger partial charge in [0.1, 0.15) is 12.6 Å². The Bertz CT molecular complexity index is 1220. The number of fused-ring (bicyclic) bond motifs is 1. The third-order valence-electron chi connectivity index (χ3n) is 6.61. The van der Waals surface area contributed by atoms with E-state index in [1.54, 1.807) is 18.2 Å². The molecule has 0 aliphatic carbocycles. The predicted octanol–water partition coefficient (Wildman–Crippen LogP) is 3.60. The standard InChI is InChI=1S/C27H37N3O6S/c1-6-20(5)28-27(32)23(7-2)29(16-21-12-10-9-11-19(21)4)26(31)17-30(37(33,34)8-3)22-13-14-24-25(15-22)36-18-35-24/h9-15,20,23H,6-8,16-18H2,1-5H3,(H,28,32)/t20-,23+/m1/s1. The van der Waals surface area contributed by atoms with Gasteiger partial charge in [-0.2, -0.15) is 0 Å². The Hall–Kier alpha value is -3.27. The number of carbonyl (C=O) groups excluding carboxylic acids is 2. The van der Waals surface area contributed by atoms with Gasteiger partial charge in [-0.1, -0.05) is 38.1 Å². The van der Waals surface area contributed by atoms with Gasteiger partial charge in [-0.25, -0.2) is 8.42 Å². The lowest BCUT2D eigenvalue weighted by Gasteiger charge is -2.34. The van der Waals surface area contributed by atoms with Crippen LogP contribution in [0.25, 0.3) is 0 Å². The average molecular weight is 532 g/mol. The molecule has 2 atom stereocenters. The number of ether oxygens (including phenoxy) is 2. The van der Waals surface area contributed by atoms with Crippen molar-refractivity contribution in [1.29, 1.82) is 0 Å². The van der Waals surface area contributed by atoms with Crippen LogP contribution in [0.15, 0.2) is 42.5 Å². The van der Waals surface area contributed by atoms with Crippen LogP contribution in [0.4, 0.5) is 5.69 Å². The molecule has 0 radical (unpaired) electrons. The highest BCUT2D eigenvalue weighted by molar-refractivity contribution is 7.92. The van der Waals surface area contributed by atoms with Gasteiger partial charge in [-0.05, 0) is 56.9 Å². The summed E-state index contributed by atoms with van der Waals surface area (Å²) in [6.07, 6.45) is 1.13. The Morgan fingerprint density at radius 3 is 2.38 bits per heavy atom. The molecule has 0 saturated carbocycles. The minimum absolute atomic E-state index is 0.0475. The monoisotopic (exact) mass is 531 g/mol. The van der Waals surface area contributed by atoms with Crippen molar-refractivity contribution < 1.29 is 27.5 Å². The molecule has 1 N–H and O–H groups in total. The van der Waals surface area contributed by atoms with Crippen LogP contribution in [0.3, 0.4) is 0 Å². The quantitative estimate of drug-likeness (QED) is 0.449. The van der Waals surface area contributed by atoms with Crippen molar-refractivity contribution in [2.45, 2.75) is 66.1 Å². The van der Waals surface area contributed by atoms with Crippen LogP contribution in [0.1, 0.15) is 51.7 Å². The van der Waals surface area contributed by atoms with Gasteiger partial charge in [0.15, 0.2) is 11.5 Å². The second kappa shape index (κ2) is 12.3. The summed E-state index contributed by atoms with van der Waals surface area (Å²) in [4.78, 5) is 28.6. The van der Waals surface area contributed by atoms with E-state index in [1.165, 1.54) is 11.8 Å². The molecular formula is C27H37N3O6S. The SMILES string of the molecule is CC[C@@H](C)NC(=O)[C@H](CC)N(Cc1ccccc1C)C(=O)CN(c1ccc2c(c1)OCO2)S(=O)(=O)CC. The maximum absolute atomic E-state index is 13.9. The number of amides is 2. The minimum atomic E-state index is -3.83. The molecule has 0 spiro atoms. The Balaban J connectivity index is 1.98. The zero-order valence-electron chi connectivity index (χ0n) is 22.2. The summed E-state index contributed by atoms with van der Waals surface area (Å²) in [7, 11) is -3.83. The maximum atomic E-state index is 13.9. The highest BCUT2D eigenvalue weighted by Gasteiger charge is 2.33. The van der Waals surface area contributed by atoms with E-state index in [-0.39, 0.29) is 31.0 Å². The number of aryl methyl sites for hydroxylation is 1. The molecule has 0 unspecified atom stereocenters. The first-order valence-corrected chi connectivity index (χ1v) is 14.3. The first kappa shape index (κ1) is 28.3. The second-order valence-corrected chi connectivity index (χ2v) is 11.3. The molecule has 1 aliphatic rings. The van der Waals surface area contributed by atoms with Gasteiger partial charge < -0.3 is 19.7 Å². The van der Waals surface area contributed by atoms with Crippen molar-refractivity contribution in [1.82, 2.24) is 10.2 Å². The molecule has 37 heavy (non-hydrogen) atoms. The highest BCUT2D eigenvalue weighted by Crippen LogP contribution is 2.36. The molecule has 0 fully saturated rings. The van der Waals surface area contributed by atoms with Crippen LogP contribution in [-0.4, -0.2) is 56.3 Å². The van der Waals surface area contributed by atoms with E-state index in [1.807, 2.05) is 52.0 Å². The first-order valence-electron chi connectivity index (χ1n) is 12.7. The van der Waals surface area contributed by atoms with Crippen molar-refractivity contribution >= 4 is 27.5 Å². The van der Waals surface area contributed by atoms with Crippen molar-refractivity contribution in [2.24, 2.45) is 0 Å². The number of nitrogens with one attached hydrogen (secondary N) is 1. The van der Waals surface area contributed by atoms with E-state index in [0.717, 1.165) is 21.9 Å². The van der Waals surface area contributed by atoms with E-state index in [4.69, 9.17) is 9.47 Å². The summed E-state index contributed by atoms with van der Waals surface area (Å²) in [5.41, 5.74) is 2.16. The number of hydrogen-bond donors (Lipinski definition) is 1. The van der Waals surface area contributed by atoms with Crippen molar-refractivity contribution in [3.63, 3.8) is 0 Å². The van der Waals surface area contributed by atoms with Crippen LogP contribution in [-0.2, 0) is 26.2 Å². The van der Waals surface area contributed by atoms with Crippen molar-refractivity contribution in [2.75, 3.05) is 23.4 Å². The van der Waals surface area contributed by atoms with Gasteiger partial charge in [0.25, 0.3) is 0 Å². The lowest BCUT2D eigenvalue weighted by atomic mass is 10.1. The third kappa shape index (κ3) is 6.74. The van der Waals surface area contributed by atoms with Gasteiger partial charge in [-0.3, -0.25) is 13.9 Å². The van der Waals surface area contributed by atoms with Crippen molar-refractivity contribution in [3.05, 3.63) is 53.6 Å². The summed E-state index contributed by atoms with van der Waals surface area (Å²) in [5, 5.41) is 2.98. The Kier molecular flexibility index (Phi) is 9.42. The fraction of sp³-hybridized carbons (Fsp3) is 0.481. The molecule has 0 bridgehead atoms. The van der Waals surface area contributed by atoms with Gasteiger partial charge >= 0.3 is 0 Å². The van der Waals surface area contributed by atoms with E-state index >= 15 is 0 Å². The number of carbonyl (C=O) groups is 2. The number of benzene rings is 2. The Labute approximate surface area is 219 Å². The van der Waals surface area contributed by atoms with E-state index in [0.29, 0.717) is 23.6 Å². The summed E-state index contributed by atoms with van der Waals surface area (Å²) < 4.78 is 38.1. The molecule has 2 aromatic carbocycles. The summed E-state index contributed by atoms with van der Waals surface area (Å²) >= 11 is 0. The lowest BCUT2D eigenvalue weighted by molar-refractivity contribution is -0.140. The normalized spacial score (nSPS) is 14.1. The Morgan fingerprint density at radius 1 is 1.03 bits per heavy atom. The number of rotatable bonds is 12. The highest BCUT2D eigenvalue weighted by atomic mass is 32.2. The molecule has 1 aliphatic heterocycles. The van der Waals surface area contributed by atoms with Crippen LogP contribution < -0.4 is 19.1 Å². The van der Waals surface area contributed by atoms with Crippen LogP contribution in [0.5, 0.6) is 11.5 Å². The lowest BCUT2D eigenvalue weighted by Crippen LogP contribution is -2.53. The molecule has 3 rings (SSSR count). The van der Waals surface area contributed by atoms with Crippen LogP contribution in [0.2, 0.25) is 0 Å². The van der Waals surface area contributed by atoms with Gasteiger partial charge in [0.05, 0.1) is 11.4 Å². The summed E-state index contributed by atoms with van der Waals surface area (Å²) in [5.74, 6) is 0.00389. The number of sulfonamides is 1. The minimum Gasteiger partial charge on any atom is -0.454 e. The molecule has 0 aromatic heterocycles. The van der Waals surface area contributed by atoms with Crippen molar-refractivity contribution in [3.8, 4) is 11.5 Å². The fourth-order valence-corrected chi connectivity index (χ4v) is 5.15. The number of nitrogens with zero attached hydrogens (tertiary/aromatic N) is 2. The molecular weight excluding hydrogens is 494 g/mol. The van der Waals surface area contributed by atoms with Gasteiger partial charge in [0, 0.05) is 18.7 Å². The predicted molar refractivity (Wildman–Crippen MR) is 143 cm³/mol. The maximum Gasteiger partial charge on any atom is 0.244 e. The van der Waals surface area contributed by atoms with Gasteiger partial charge in [0.2, 0.25) is 28.6 Å². The smallest absolute Gasteiger partial charge is 0.244 e. The zero-order valence-corrected chi connectivity index (χ0v) is 23.0. The zero-order chi connectivity index (χ0) is 27.2. The molecule has 9 nitrogen and oxygen atoms in total. The number of anilines is 1. The summed E-state index contributed by atoms with van der Waals surface area (Å²) in [6, 6.07) is 11.6. The molecule has 202 valence electrons. The molecule has 2 amide bonds. The average Bonchev–Trinajstić information content (AvgIpc) is 3.35. The second-order valence-electron chi connectivity index (χ2n) is 9.13. The van der Waals surface area contributed by atoms with Gasteiger partial charge in [-0.15, -0.1) is 0 Å². The van der Waals surface area contributed by atoms with E-state index < -0.39 is 28.5 Å². The van der Waals surface area contributed by atoms with E-state index in [9.17, 15) is 18.0 Å². The topological polar surface area (TPSA) is 105 Å². The largest absolute Gasteiger partial charge is 0.454 e. The molecule has 2 aromatic rings. The first-order chi connectivity index (χ1) is 17.6. The number of hydrogen-bond acceptors (Lipinski definition) is 6. The molecule has 1 heterocycles.